The van der Waals surface area contributed by atoms with E-state index in [1.54, 1.807) is 6.07 Å². The molecule has 0 saturated carbocycles. The summed E-state index contributed by atoms with van der Waals surface area (Å²) in [5.74, 6) is -0.408. The smallest absolute Gasteiger partial charge is 0.293 e. The van der Waals surface area contributed by atoms with Gasteiger partial charge in [-0.15, -0.1) is 0 Å². The lowest BCUT2D eigenvalue weighted by molar-refractivity contribution is -0.384. The largest absolute Gasteiger partial charge is 0.372 e. The van der Waals surface area contributed by atoms with Gasteiger partial charge in [-0.2, -0.15) is 0 Å². The molecule has 0 aliphatic rings. The highest BCUT2D eigenvalue weighted by Gasteiger charge is 2.16. The van der Waals surface area contributed by atoms with Gasteiger partial charge in [0.1, 0.15) is 12.3 Å². The summed E-state index contributed by atoms with van der Waals surface area (Å²) in [7, 11) is 0. The lowest BCUT2D eigenvalue weighted by Gasteiger charge is -2.06. The first-order valence-corrected chi connectivity index (χ1v) is 6.15. The van der Waals surface area contributed by atoms with E-state index < -0.39 is 10.8 Å². The number of hydrogen-bond donors (Lipinski definition) is 1. The number of carbonyl (C=O) groups excluding carboxylic acids is 1. The molecule has 0 aromatic heterocycles. The van der Waals surface area contributed by atoms with Crippen LogP contribution in [0.25, 0.3) is 0 Å². The van der Waals surface area contributed by atoms with Gasteiger partial charge in [0.25, 0.3) is 11.6 Å². The predicted octanol–water partition coefficient (Wildman–Crippen LogP) is 2.72. The average molecular weight is 317 g/mol. The zero-order valence-electron chi connectivity index (χ0n) is 9.81. The Bertz CT molecular complexity index is 451. The van der Waals surface area contributed by atoms with Crippen molar-refractivity contribution in [1.29, 1.82) is 0 Å². The van der Waals surface area contributed by atoms with Crippen LogP contribution >= 0.6 is 15.9 Å². The van der Waals surface area contributed by atoms with Crippen LogP contribution in [0, 0.1) is 10.1 Å². The Morgan fingerprint density at radius 3 is 2.89 bits per heavy atom. The van der Waals surface area contributed by atoms with Crippen LogP contribution in [0.15, 0.2) is 22.7 Å². The molecular formula is C11H13BrN2O4. The Morgan fingerprint density at radius 2 is 2.28 bits per heavy atom. The predicted molar refractivity (Wildman–Crippen MR) is 70.5 cm³/mol. The van der Waals surface area contributed by atoms with E-state index in [0.717, 1.165) is 6.42 Å². The zero-order valence-corrected chi connectivity index (χ0v) is 11.4. The molecule has 0 aliphatic heterocycles. The van der Waals surface area contributed by atoms with Crippen LogP contribution in [0.3, 0.4) is 0 Å². The Labute approximate surface area is 113 Å². The van der Waals surface area contributed by atoms with Crippen LogP contribution in [-0.4, -0.2) is 24.0 Å². The van der Waals surface area contributed by atoms with Crippen LogP contribution in [-0.2, 0) is 9.53 Å². The first-order chi connectivity index (χ1) is 8.54. The van der Waals surface area contributed by atoms with E-state index in [0.29, 0.717) is 11.1 Å². The van der Waals surface area contributed by atoms with E-state index in [4.69, 9.17) is 4.74 Å². The van der Waals surface area contributed by atoms with E-state index in [9.17, 15) is 14.9 Å². The minimum Gasteiger partial charge on any atom is -0.372 e. The van der Waals surface area contributed by atoms with Gasteiger partial charge >= 0.3 is 0 Å². The molecule has 6 nitrogen and oxygen atoms in total. The number of halogens is 1. The zero-order chi connectivity index (χ0) is 13.5. The number of hydrogen-bond acceptors (Lipinski definition) is 4. The molecule has 0 atom stereocenters. The standard InChI is InChI=1S/C11H13BrN2O4/c1-2-5-18-7-11(15)13-9-4-3-8(12)6-10(9)14(16)17/h3-4,6H,2,5,7H2,1H3,(H,13,15). The second-order valence-corrected chi connectivity index (χ2v) is 4.44. The van der Waals surface area contributed by atoms with Gasteiger partial charge in [0.15, 0.2) is 0 Å². The maximum Gasteiger partial charge on any atom is 0.293 e. The van der Waals surface area contributed by atoms with Crippen molar-refractivity contribution in [3.8, 4) is 0 Å². The number of nitro benzene ring substituents is 1. The van der Waals surface area contributed by atoms with E-state index in [1.165, 1.54) is 12.1 Å². The summed E-state index contributed by atoms with van der Waals surface area (Å²) in [4.78, 5) is 21.7. The molecular weight excluding hydrogens is 304 g/mol. The summed E-state index contributed by atoms with van der Waals surface area (Å²) in [6.07, 6.45) is 0.811. The van der Waals surface area contributed by atoms with Gasteiger partial charge in [0.05, 0.1) is 4.92 Å². The van der Waals surface area contributed by atoms with Crippen molar-refractivity contribution in [1.82, 2.24) is 0 Å². The molecule has 0 heterocycles. The third-order valence-electron chi connectivity index (χ3n) is 2.01. The number of amides is 1. The minimum absolute atomic E-state index is 0.110. The third-order valence-corrected chi connectivity index (χ3v) is 2.51. The van der Waals surface area contributed by atoms with E-state index in [2.05, 4.69) is 21.2 Å². The van der Waals surface area contributed by atoms with Crippen molar-refractivity contribution in [3.05, 3.63) is 32.8 Å². The molecule has 0 radical (unpaired) electrons. The topological polar surface area (TPSA) is 81.5 Å². The average Bonchev–Trinajstić information content (AvgIpc) is 2.31. The Hall–Kier alpha value is -1.47. The van der Waals surface area contributed by atoms with Gasteiger partial charge in [-0.1, -0.05) is 22.9 Å². The van der Waals surface area contributed by atoms with Gasteiger partial charge in [-0.3, -0.25) is 14.9 Å². The summed E-state index contributed by atoms with van der Waals surface area (Å²) in [6.45, 7) is 2.30. The number of ether oxygens (including phenoxy) is 1. The molecule has 18 heavy (non-hydrogen) atoms. The molecule has 0 aliphatic carbocycles. The second kappa shape index (κ2) is 7.07. The SMILES string of the molecule is CCCOCC(=O)Nc1ccc(Br)cc1[N+](=O)[O-]. The fraction of sp³-hybridized carbons (Fsp3) is 0.364. The van der Waals surface area contributed by atoms with E-state index in [1.807, 2.05) is 6.92 Å². The normalized spacial score (nSPS) is 10.1. The van der Waals surface area contributed by atoms with Crippen molar-refractivity contribution in [3.63, 3.8) is 0 Å². The molecule has 0 bridgehead atoms. The quantitative estimate of drug-likeness (QED) is 0.497. The fourth-order valence-electron chi connectivity index (χ4n) is 1.26. The Balaban J connectivity index is 2.72. The number of nitrogens with one attached hydrogen (secondary N) is 1. The van der Waals surface area contributed by atoms with Gasteiger partial charge in [-0.05, 0) is 18.6 Å². The number of anilines is 1. The number of nitro groups is 1. The van der Waals surface area contributed by atoms with Crippen LogP contribution in [0.1, 0.15) is 13.3 Å². The lowest BCUT2D eigenvalue weighted by Crippen LogP contribution is -2.19. The van der Waals surface area contributed by atoms with Crippen molar-refractivity contribution < 1.29 is 14.5 Å². The third kappa shape index (κ3) is 4.42. The van der Waals surface area contributed by atoms with Crippen LogP contribution < -0.4 is 5.32 Å². The van der Waals surface area contributed by atoms with Gasteiger partial charge in [0, 0.05) is 17.1 Å². The maximum absolute atomic E-state index is 11.5. The van der Waals surface area contributed by atoms with Crippen molar-refractivity contribution >= 4 is 33.2 Å². The molecule has 0 saturated heterocycles. The molecule has 0 spiro atoms. The molecule has 1 N–H and O–H groups in total. The summed E-state index contributed by atoms with van der Waals surface area (Å²) >= 11 is 3.14. The van der Waals surface area contributed by atoms with Crippen molar-refractivity contribution in [2.24, 2.45) is 0 Å². The Kier molecular flexibility index (Phi) is 5.73. The first-order valence-electron chi connectivity index (χ1n) is 5.36. The van der Waals surface area contributed by atoms with Crippen LogP contribution in [0.5, 0.6) is 0 Å². The molecule has 1 amide bonds. The lowest BCUT2D eigenvalue weighted by atomic mass is 10.2. The molecule has 98 valence electrons. The highest BCUT2D eigenvalue weighted by atomic mass is 79.9. The Morgan fingerprint density at radius 1 is 1.56 bits per heavy atom. The van der Waals surface area contributed by atoms with E-state index in [-0.39, 0.29) is 18.0 Å². The summed E-state index contributed by atoms with van der Waals surface area (Å²) in [6, 6.07) is 4.43. The van der Waals surface area contributed by atoms with E-state index >= 15 is 0 Å². The van der Waals surface area contributed by atoms with Crippen LogP contribution in [0.2, 0.25) is 0 Å². The van der Waals surface area contributed by atoms with Gasteiger partial charge < -0.3 is 10.1 Å². The highest BCUT2D eigenvalue weighted by molar-refractivity contribution is 9.10. The van der Waals surface area contributed by atoms with Crippen molar-refractivity contribution in [2.45, 2.75) is 13.3 Å². The number of nitrogens with zero attached hydrogens (tertiary/aromatic N) is 1. The molecule has 1 rings (SSSR count). The first kappa shape index (κ1) is 14.6. The molecule has 0 fully saturated rings. The molecule has 1 aromatic rings. The number of carbonyl (C=O) groups is 1. The summed E-state index contributed by atoms with van der Waals surface area (Å²) < 4.78 is 5.63. The number of benzene rings is 1. The molecule has 0 unspecified atom stereocenters. The maximum atomic E-state index is 11.5. The van der Waals surface area contributed by atoms with Gasteiger partial charge in [0.2, 0.25) is 0 Å². The number of rotatable bonds is 6. The van der Waals surface area contributed by atoms with Crippen molar-refractivity contribution in [2.75, 3.05) is 18.5 Å². The summed E-state index contributed by atoms with van der Waals surface area (Å²) in [5.41, 5.74) is 0.00140. The second-order valence-electron chi connectivity index (χ2n) is 3.52. The van der Waals surface area contributed by atoms with Gasteiger partial charge in [-0.25, -0.2) is 0 Å². The molecule has 1 aromatic carbocycles. The molecule has 7 heteroatoms. The summed E-state index contributed by atoms with van der Waals surface area (Å²) in [5, 5.41) is 13.3. The highest BCUT2D eigenvalue weighted by Crippen LogP contribution is 2.27. The van der Waals surface area contributed by atoms with Crippen LogP contribution in [0.4, 0.5) is 11.4 Å². The monoisotopic (exact) mass is 316 g/mol. The fourth-order valence-corrected chi connectivity index (χ4v) is 1.61. The minimum atomic E-state index is -0.548.